The first-order chi connectivity index (χ1) is 9.28. The number of nitrogens with one attached hydrogen (secondary N) is 1. The first-order valence-electron chi connectivity index (χ1n) is 6.67. The Labute approximate surface area is 120 Å². The summed E-state index contributed by atoms with van der Waals surface area (Å²) < 4.78 is 0. The van der Waals surface area contributed by atoms with E-state index in [0.717, 1.165) is 5.56 Å². The molecule has 0 aliphatic heterocycles. The summed E-state index contributed by atoms with van der Waals surface area (Å²) in [6, 6.07) is 7.19. The monoisotopic (exact) mass is 277 g/mol. The van der Waals surface area contributed by atoms with Gasteiger partial charge in [0, 0.05) is 19.3 Å². The van der Waals surface area contributed by atoms with E-state index in [4.69, 9.17) is 5.73 Å². The Balaban J connectivity index is 2.70. The third-order valence-corrected chi connectivity index (χ3v) is 3.50. The number of nitrogens with two attached hydrogens (primary N) is 1. The normalized spacial score (nSPS) is 11.0. The molecule has 0 radical (unpaired) electrons. The average Bonchev–Trinajstić information content (AvgIpc) is 2.43. The van der Waals surface area contributed by atoms with Gasteiger partial charge in [-0.25, -0.2) is 0 Å². The molecule has 1 aromatic rings. The van der Waals surface area contributed by atoms with Gasteiger partial charge in [0.1, 0.15) is 0 Å². The Morgan fingerprint density at radius 1 is 1.25 bits per heavy atom. The lowest BCUT2D eigenvalue weighted by molar-refractivity contribution is -0.133. The standard InChI is InChI=1S/C15H23N3O2/c1-5-18(4)13(19)10-17-14(20)15(2,3)11-6-8-12(16)9-7-11/h6-9H,5,10,16H2,1-4H3,(H,17,20). The summed E-state index contributed by atoms with van der Waals surface area (Å²) in [4.78, 5) is 25.5. The molecule has 0 aliphatic carbocycles. The summed E-state index contributed by atoms with van der Waals surface area (Å²) in [5, 5.41) is 2.69. The van der Waals surface area contributed by atoms with Gasteiger partial charge in [0.15, 0.2) is 0 Å². The van der Waals surface area contributed by atoms with Gasteiger partial charge in [0.25, 0.3) is 0 Å². The van der Waals surface area contributed by atoms with Crippen molar-refractivity contribution < 1.29 is 9.59 Å². The fraction of sp³-hybridized carbons (Fsp3) is 0.467. The molecule has 2 amide bonds. The van der Waals surface area contributed by atoms with Crippen LogP contribution in [0.4, 0.5) is 5.69 Å². The number of hydrogen-bond donors (Lipinski definition) is 2. The van der Waals surface area contributed by atoms with Crippen LogP contribution in [-0.4, -0.2) is 36.9 Å². The van der Waals surface area contributed by atoms with Gasteiger partial charge >= 0.3 is 0 Å². The largest absolute Gasteiger partial charge is 0.399 e. The first kappa shape index (κ1) is 16.0. The highest BCUT2D eigenvalue weighted by molar-refractivity contribution is 5.90. The number of carbonyl (C=O) groups excluding carboxylic acids is 2. The first-order valence-corrected chi connectivity index (χ1v) is 6.67. The number of hydrogen-bond acceptors (Lipinski definition) is 3. The van der Waals surface area contributed by atoms with E-state index in [0.29, 0.717) is 12.2 Å². The molecule has 0 aliphatic rings. The maximum atomic E-state index is 12.3. The minimum Gasteiger partial charge on any atom is -0.399 e. The van der Waals surface area contributed by atoms with Crippen LogP contribution in [0.5, 0.6) is 0 Å². The van der Waals surface area contributed by atoms with E-state index in [1.807, 2.05) is 32.9 Å². The van der Waals surface area contributed by atoms with Crippen molar-refractivity contribution in [2.75, 3.05) is 25.9 Å². The molecule has 5 heteroatoms. The van der Waals surface area contributed by atoms with Crippen molar-refractivity contribution in [3.8, 4) is 0 Å². The molecule has 0 atom stereocenters. The SMILES string of the molecule is CCN(C)C(=O)CNC(=O)C(C)(C)c1ccc(N)cc1. The second-order valence-electron chi connectivity index (χ2n) is 5.34. The Morgan fingerprint density at radius 3 is 2.30 bits per heavy atom. The van der Waals surface area contributed by atoms with E-state index in [9.17, 15) is 9.59 Å². The molecule has 20 heavy (non-hydrogen) atoms. The summed E-state index contributed by atoms with van der Waals surface area (Å²) in [5.41, 5.74) is 6.45. The second kappa shape index (κ2) is 6.41. The van der Waals surface area contributed by atoms with Gasteiger partial charge in [-0.2, -0.15) is 0 Å². The van der Waals surface area contributed by atoms with Gasteiger partial charge in [0.2, 0.25) is 11.8 Å². The molecule has 0 spiro atoms. The molecule has 1 aromatic carbocycles. The van der Waals surface area contributed by atoms with E-state index in [1.165, 1.54) is 0 Å². The van der Waals surface area contributed by atoms with Gasteiger partial charge < -0.3 is 16.0 Å². The minimum atomic E-state index is -0.710. The fourth-order valence-corrected chi connectivity index (χ4v) is 1.72. The second-order valence-corrected chi connectivity index (χ2v) is 5.34. The summed E-state index contributed by atoms with van der Waals surface area (Å²) in [6.45, 7) is 6.17. The van der Waals surface area contributed by atoms with E-state index in [-0.39, 0.29) is 18.4 Å². The Morgan fingerprint density at radius 2 is 1.80 bits per heavy atom. The number of rotatable bonds is 5. The number of benzene rings is 1. The van der Waals surface area contributed by atoms with Crippen molar-refractivity contribution in [2.24, 2.45) is 0 Å². The summed E-state index contributed by atoms with van der Waals surface area (Å²) in [5.74, 6) is -0.283. The number of nitrogen functional groups attached to an aromatic ring is 1. The molecule has 1 rings (SSSR count). The van der Waals surface area contributed by atoms with E-state index < -0.39 is 5.41 Å². The van der Waals surface area contributed by atoms with Crippen LogP contribution in [0.1, 0.15) is 26.3 Å². The number of likely N-dealkylation sites (N-methyl/N-ethyl adjacent to an activating group) is 1. The van der Waals surface area contributed by atoms with Crippen LogP contribution < -0.4 is 11.1 Å². The smallest absolute Gasteiger partial charge is 0.241 e. The summed E-state index contributed by atoms with van der Waals surface area (Å²) in [7, 11) is 1.71. The molecular formula is C15H23N3O2. The number of amides is 2. The molecule has 5 nitrogen and oxygen atoms in total. The molecule has 0 heterocycles. The van der Waals surface area contributed by atoms with E-state index in [2.05, 4.69) is 5.32 Å². The zero-order valence-corrected chi connectivity index (χ0v) is 12.6. The summed E-state index contributed by atoms with van der Waals surface area (Å²) >= 11 is 0. The molecule has 0 saturated heterocycles. The quantitative estimate of drug-likeness (QED) is 0.793. The average molecular weight is 277 g/mol. The van der Waals surface area contributed by atoms with Crippen molar-refractivity contribution in [3.05, 3.63) is 29.8 Å². The maximum Gasteiger partial charge on any atom is 0.241 e. The lowest BCUT2D eigenvalue weighted by atomic mass is 9.83. The van der Waals surface area contributed by atoms with Gasteiger partial charge in [-0.05, 0) is 38.5 Å². The number of carbonyl (C=O) groups is 2. The zero-order valence-electron chi connectivity index (χ0n) is 12.6. The maximum absolute atomic E-state index is 12.3. The van der Waals surface area contributed by atoms with Crippen molar-refractivity contribution in [1.29, 1.82) is 0 Å². The highest BCUT2D eigenvalue weighted by Gasteiger charge is 2.29. The van der Waals surface area contributed by atoms with Crippen LogP contribution in [0.25, 0.3) is 0 Å². The van der Waals surface area contributed by atoms with Crippen LogP contribution in [0.2, 0.25) is 0 Å². The Bertz CT molecular complexity index is 480. The number of nitrogens with zero attached hydrogens (tertiary/aromatic N) is 1. The molecule has 0 bridgehead atoms. The van der Waals surface area contributed by atoms with Gasteiger partial charge in [-0.1, -0.05) is 12.1 Å². The van der Waals surface area contributed by atoms with Gasteiger partial charge in [0.05, 0.1) is 12.0 Å². The van der Waals surface area contributed by atoms with Crippen LogP contribution in [-0.2, 0) is 15.0 Å². The Kier molecular flexibility index (Phi) is 5.13. The van der Waals surface area contributed by atoms with Crippen molar-refractivity contribution in [1.82, 2.24) is 10.2 Å². The van der Waals surface area contributed by atoms with Crippen molar-refractivity contribution in [3.63, 3.8) is 0 Å². The van der Waals surface area contributed by atoms with Crippen molar-refractivity contribution in [2.45, 2.75) is 26.2 Å². The van der Waals surface area contributed by atoms with Crippen LogP contribution in [0, 0.1) is 0 Å². The van der Waals surface area contributed by atoms with Crippen molar-refractivity contribution >= 4 is 17.5 Å². The molecular weight excluding hydrogens is 254 g/mol. The van der Waals surface area contributed by atoms with Gasteiger partial charge in [-0.15, -0.1) is 0 Å². The third-order valence-electron chi connectivity index (χ3n) is 3.50. The van der Waals surface area contributed by atoms with Crippen LogP contribution in [0.15, 0.2) is 24.3 Å². The zero-order chi connectivity index (χ0) is 15.3. The lowest BCUT2D eigenvalue weighted by Gasteiger charge is -2.25. The topological polar surface area (TPSA) is 75.4 Å². The van der Waals surface area contributed by atoms with E-state index in [1.54, 1.807) is 24.1 Å². The molecule has 3 N–H and O–H groups in total. The highest BCUT2D eigenvalue weighted by Crippen LogP contribution is 2.24. The van der Waals surface area contributed by atoms with Crippen LogP contribution in [0.3, 0.4) is 0 Å². The predicted octanol–water partition coefficient (Wildman–Crippen LogP) is 1.14. The predicted molar refractivity (Wildman–Crippen MR) is 80.2 cm³/mol. The molecule has 0 aromatic heterocycles. The molecule has 0 unspecified atom stereocenters. The van der Waals surface area contributed by atoms with E-state index >= 15 is 0 Å². The van der Waals surface area contributed by atoms with Gasteiger partial charge in [-0.3, -0.25) is 9.59 Å². The molecule has 0 fully saturated rings. The highest BCUT2D eigenvalue weighted by atomic mass is 16.2. The molecule has 110 valence electrons. The fourth-order valence-electron chi connectivity index (χ4n) is 1.72. The Hall–Kier alpha value is -2.04. The number of anilines is 1. The summed E-state index contributed by atoms with van der Waals surface area (Å²) in [6.07, 6.45) is 0. The minimum absolute atomic E-state index is 0.0155. The third kappa shape index (κ3) is 3.73. The lowest BCUT2D eigenvalue weighted by Crippen LogP contribution is -2.45. The molecule has 0 saturated carbocycles. The van der Waals surface area contributed by atoms with Crippen LogP contribution >= 0.6 is 0 Å².